The first-order valence-electron chi connectivity index (χ1n) is 12.4. The fraction of sp³-hybridized carbons (Fsp3) is 0.296. The van der Waals surface area contributed by atoms with Gasteiger partial charge in [0.05, 0.1) is 23.7 Å². The van der Waals surface area contributed by atoms with Gasteiger partial charge in [0.1, 0.15) is 28.7 Å². The summed E-state index contributed by atoms with van der Waals surface area (Å²) < 4.78 is 52.8. The molecule has 0 bridgehead atoms. The van der Waals surface area contributed by atoms with Crippen molar-refractivity contribution < 1.29 is 27.2 Å². The van der Waals surface area contributed by atoms with E-state index in [0.717, 1.165) is 34.4 Å². The molecule has 1 fully saturated rings. The van der Waals surface area contributed by atoms with Crippen molar-refractivity contribution in [2.75, 3.05) is 23.8 Å². The molecule has 6 rings (SSSR count). The summed E-state index contributed by atoms with van der Waals surface area (Å²) in [7, 11) is -3.61. The van der Waals surface area contributed by atoms with Crippen molar-refractivity contribution in [2.45, 2.75) is 31.6 Å². The van der Waals surface area contributed by atoms with Crippen LogP contribution in [0.25, 0.3) is 33.7 Å². The van der Waals surface area contributed by atoms with Gasteiger partial charge in [-0.1, -0.05) is 0 Å². The molecule has 2 aromatic heterocycles. The second kappa shape index (κ2) is 9.48. The van der Waals surface area contributed by atoms with Crippen LogP contribution >= 0.6 is 0 Å². The Bertz CT molecular complexity index is 1610. The van der Waals surface area contributed by atoms with E-state index in [1.54, 1.807) is 30.6 Å². The van der Waals surface area contributed by atoms with E-state index in [-0.39, 0.29) is 25.0 Å². The molecular formula is C27H27FN4O5S. The van der Waals surface area contributed by atoms with E-state index in [2.05, 4.69) is 9.97 Å². The lowest BCUT2D eigenvalue weighted by molar-refractivity contribution is -0.0809. The van der Waals surface area contributed by atoms with Crippen molar-refractivity contribution in [1.82, 2.24) is 15.0 Å². The van der Waals surface area contributed by atoms with Crippen LogP contribution < -0.4 is 4.31 Å². The van der Waals surface area contributed by atoms with Crippen molar-refractivity contribution in [2.24, 2.45) is 0 Å². The number of halogens is 1. The number of hydrogen-bond acceptors (Lipinski definition) is 7. The Kier molecular flexibility index (Phi) is 6.11. The van der Waals surface area contributed by atoms with Gasteiger partial charge in [0, 0.05) is 42.4 Å². The highest BCUT2D eigenvalue weighted by molar-refractivity contribution is 7.92. The Morgan fingerprint density at radius 1 is 1.24 bits per heavy atom. The zero-order chi connectivity index (χ0) is 26.4. The van der Waals surface area contributed by atoms with Gasteiger partial charge in [-0.15, -0.1) is 0 Å². The fourth-order valence-electron chi connectivity index (χ4n) is 4.92. The van der Waals surface area contributed by atoms with Crippen LogP contribution in [0.1, 0.15) is 37.2 Å². The molecular weight excluding hydrogens is 511 g/mol. The Hall–Kier alpha value is -3.83. The number of allylic oxidation sites excluding steroid dienone is 1. The minimum Gasteiger partial charge on any atom is -0.474 e. The molecule has 1 aliphatic heterocycles. The first-order chi connectivity index (χ1) is 18.3. The Morgan fingerprint density at radius 3 is 2.66 bits per heavy atom. The molecule has 2 N–H and O–H groups in total. The molecule has 2 aliphatic rings. The van der Waals surface area contributed by atoms with Crippen LogP contribution in [0.15, 0.2) is 65.2 Å². The van der Waals surface area contributed by atoms with Crippen LogP contribution in [0.3, 0.4) is 0 Å². The summed E-state index contributed by atoms with van der Waals surface area (Å²) in [5, 5.41) is 11.3. The number of anilines is 1. The minimum absolute atomic E-state index is 0.0699. The van der Waals surface area contributed by atoms with E-state index >= 15 is 0 Å². The van der Waals surface area contributed by atoms with Gasteiger partial charge in [0.2, 0.25) is 10.0 Å². The third kappa shape index (κ3) is 4.74. The largest absolute Gasteiger partial charge is 0.474 e. The molecule has 1 saturated carbocycles. The lowest BCUT2D eigenvalue weighted by atomic mass is 10.0. The summed E-state index contributed by atoms with van der Waals surface area (Å²) in [6.45, 7) is 0.313. The molecule has 1 aliphatic carbocycles. The monoisotopic (exact) mass is 538 g/mol. The Balaban J connectivity index is 1.46. The number of hydroxylamine groups is 2. The average Bonchev–Trinajstić information content (AvgIpc) is 3.23. The van der Waals surface area contributed by atoms with Crippen molar-refractivity contribution in [1.29, 1.82) is 0 Å². The van der Waals surface area contributed by atoms with Crippen LogP contribution in [0.4, 0.5) is 10.1 Å². The number of aromatic nitrogens is 2. The van der Waals surface area contributed by atoms with Gasteiger partial charge in [-0.05, 0) is 61.1 Å². The maximum atomic E-state index is 13.7. The average molecular weight is 539 g/mol. The molecule has 0 spiro atoms. The van der Waals surface area contributed by atoms with Gasteiger partial charge in [-0.25, -0.2) is 22.9 Å². The predicted octanol–water partition coefficient (Wildman–Crippen LogP) is 5.57. The molecule has 4 aromatic rings. The first kappa shape index (κ1) is 24.5. The highest BCUT2D eigenvalue weighted by Crippen LogP contribution is 2.49. The van der Waals surface area contributed by atoms with Gasteiger partial charge in [-0.2, -0.15) is 0 Å². The molecule has 0 unspecified atom stereocenters. The van der Waals surface area contributed by atoms with Crippen molar-refractivity contribution >= 4 is 26.7 Å². The summed E-state index contributed by atoms with van der Waals surface area (Å²) in [6, 6.07) is 9.86. The molecule has 11 heteroatoms. The predicted molar refractivity (Wildman–Crippen MR) is 140 cm³/mol. The number of hydrogen-bond donors (Lipinski definition) is 2. The van der Waals surface area contributed by atoms with E-state index in [1.165, 1.54) is 28.9 Å². The highest BCUT2D eigenvalue weighted by atomic mass is 32.2. The number of nitrogens with zero attached hydrogens (tertiary/aromatic N) is 3. The van der Waals surface area contributed by atoms with E-state index in [0.29, 0.717) is 47.0 Å². The highest BCUT2D eigenvalue weighted by Gasteiger charge is 2.32. The molecule has 0 saturated heterocycles. The molecule has 0 amide bonds. The third-order valence-corrected chi connectivity index (χ3v) is 8.00. The number of ether oxygens (including phenoxy) is 1. The zero-order valence-electron chi connectivity index (χ0n) is 20.7. The smallest absolute Gasteiger partial charge is 0.232 e. The molecule has 38 heavy (non-hydrogen) atoms. The number of benzene rings is 2. The number of H-pyrrole nitrogens is 1. The van der Waals surface area contributed by atoms with Gasteiger partial charge < -0.3 is 14.1 Å². The van der Waals surface area contributed by atoms with E-state index in [1.807, 2.05) is 6.07 Å². The number of nitrogens with one attached hydrogen (secondary N) is 1. The second-order valence-electron chi connectivity index (χ2n) is 9.68. The van der Waals surface area contributed by atoms with Crippen LogP contribution in [0.5, 0.6) is 0 Å². The number of furan rings is 1. The number of rotatable bonds is 9. The fourth-order valence-corrected chi connectivity index (χ4v) is 5.89. The standard InChI is InChI=1S/C27H27FN4O5S/c1-38(34,35)32(12-2-3-20-15-31(33)16-36-20)23-14-24-22(13-21(23)17-4-5-17)25(27-29-10-11-30-27)26(37-24)18-6-8-19(28)9-7-18/h6-11,13-15,17,33H,2-5,12,16H2,1H3,(H,29,30). The molecule has 0 radical (unpaired) electrons. The topological polar surface area (TPSA) is 112 Å². The maximum Gasteiger partial charge on any atom is 0.232 e. The van der Waals surface area contributed by atoms with E-state index in [4.69, 9.17) is 9.15 Å². The van der Waals surface area contributed by atoms with Crippen LogP contribution in [-0.4, -0.2) is 48.2 Å². The van der Waals surface area contributed by atoms with Crippen molar-refractivity contribution in [3.8, 4) is 22.7 Å². The normalized spacial score (nSPS) is 15.7. The minimum atomic E-state index is -3.61. The Labute approximate surface area is 219 Å². The number of imidazole rings is 1. The molecule has 9 nitrogen and oxygen atoms in total. The quantitative estimate of drug-likeness (QED) is 0.286. The molecule has 198 valence electrons. The number of aromatic amines is 1. The van der Waals surface area contributed by atoms with Crippen molar-refractivity contribution in [3.05, 3.63) is 72.1 Å². The van der Waals surface area contributed by atoms with Crippen LogP contribution in [-0.2, 0) is 14.8 Å². The maximum absolute atomic E-state index is 13.7. The Morgan fingerprint density at radius 2 is 2.03 bits per heavy atom. The molecule has 0 atom stereocenters. The van der Waals surface area contributed by atoms with Crippen LogP contribution in [0, 0.1) is 5.82 Å². The van der Waals surface area contributed by atoms with Gasteiger partial charge in [0.25, 0.3) is 0 Å². The number of fused-ring (bicyclic) bond motifs is 1. The number of sulfonamides is 1. The summed E-state index contributed by atoms with van der Waals surface area (Å²) in [4.78, 5) is 7.60. The first-order valence-corrected chi connectivity index (χ1v) is 14.3. The lowest BCUT2D eigenvalue weighted by Gasteiger charge is -2.25. The van der Waals surface area contributed by atoms with Gasteiger partial charge in [-0.3, -0.25) is 9.51 Å². The summed E-state index contributed by atoms with van der Waals surface area (Å²) in [5.74, 6) is 1.64. The van der Waals surface area contributed by atoms with Crippen LogP contribution in [0.2, 0.25) is 0 Å². The SMILES string of the molecule is CS(=O)(=O)N(CCCC1=CN(O)CO1)c1cc2oc(-c3ccc(F)cc3)c(-c3ncc[nH]3)c2cc1C1CC1. The van der Waals surface area contributed by atoms with Gasteiger partial charge >= 0.3 is 0 Å². The summed E-state index contributed by atoms with van der Waals surface area (Å²) in [5.41, 5.74) is 3.49. The van der Waals surface area contributed by atoms with E-state index in [9.17, 15) is 18.0 Å². The molecule has 2 aromatic carbocycles. The second-order valence-corrected chi connectivity index (χ2v) is 11.6. The molecule has 3 heterocycles. The van der Waals surface area contributed by atoms with Gasteiger partial charge in [0.15, 0.2) is 6.73 Å². The zero-order valence-corrected chi connectivity index (χ0v) is 21.5. The summed E-state index contributed by atoms with van der Waals surface area (Å²) >= 11 is 0. The third-order valence-electron chi connectivity index (χ3n) is 6.82. The van der Waals surface area contributed by atoms with Crippen molar-refractivity contribution in [3.63, 3.8) is 0 Å². The van der Waals surface area contributed by atoms with E-state index < -0.39 is 10.0 Å². The summed E-state index contributed by atoms with van der Waals surface area (Å²) in [6.07, 6.45) is 9.03. The lowest BCUT2D eigenvalue weighted by Crippen LogP contribution is -2.31.